The van der Waals surface area contributed by atoms with Crippen molar-refractivity contribution in [3.63, 3.8) is 0 Å². The predicted molar refractivity (Wildman–Crippen MR) is 75.3 cm³/mol. The Morgan fingerprint density at radius 2 is 1.50 bits per heavy atom. The number of nitrogens with zero attached hydrogens (tertiary/aromatic N) is 1. The van der Waals surface area contributed by atoms with Crippen LogP contribution in [0.3, 0.4) is 0 Å². The summed E-state index contributed by atoms with van der Waals surface area (Å²) in [5, 5.41) is 0. The average Bonchev–Trinajstić information content (AvgIpc) is 2.87. The lowest BCUT2D eigenvalue weighted by Crippen LogP contribution is -2.05. The molecule has 0 spiro atoms. The molecule has 8 heteroatoms. The molecule has 24 heavy (non-hydrogen) atoms. The molecule has 0 unspecified atom stereocenters. The van der Waals surface area contributed by atoms with Gasteiger partial charge in [-0.15, -0.1) is 0 Å². The number of benzene rings is 2. The van der Waals surface area contributed by atoms with Gasteiger partial charge in [0.1, 0.15) is 5.82 Å². The zero-order valence-corrected chi connectivity index (χ0v) is 12.0. The number of H-pyrrole nitrogens is 1. The van der Waals surface area contributed by atoms with Crippen LogP contribution in [0.1, 0.15) is 22.5 Å². The molecule has 0 aliphatic carbocycles. The maximum absolute atomic E-state index is 12.7. The third kappa shape index (κ3) is 3.37. The van der Waals surface area contributed by atoms with Gasteiger partial charge >= 0.3 is 12.4 Å². The van der Waals surface area contributed by atoms with E-state index in [0.29, 0.717) is 16.9 Å². The molecule has 1 N–H and O–H groups in total. The number of hydrogen-bond acceptors (Lipinski definition) is 1. The van der Waals surface area contributed by atoms with E-state index in [4.69, 9.17) is 0 Å². The van der Waals surface area contributed by atoms with Crippen molar-refractivity contribution in [1.82, 2.24) is 9.97 Å². The monoisotopic (exact) mass is 344 g/mol. The van der Waals surface area contributed by atoms with Gasteiger partial charge in [-0.2, -0.15) is 26.3 Å². The fraction of sp³-hybridized carbons (Fsp3) is 0.188. The zero-order valence-electron chi connectivity index (χ0n) is 12.0. The van der Waals surface area contributed by atoms with Gasteiger partial charge in [0.25, 0.3) is 0 Å². The Morgan fingerprint density at radius 1 is 0.833 bits per heavy atom. The predicted octanol–water partition coefficient (Wildman–Crippen LogP) is 5.19. The summed E-state index contributed by atoms with van der Waals surface area (Å²) in [5.74, 6) is 0.295. The van der Waals surface area contributed by atoms with E-state index in [1.54, 1.807) is 0 Å². The summed E-state index contributed by atoms with van der Waals surface area (Å²) in [4.78, 5) is 6.84. The van der Waals surface area contributed by atoms with Crippen LogP contribution in [0.2, 0.25) is 0 Å². The van der Waals surface area contributed by atoms with E-state index in [9.17, 15) is 26.3 Å². The van der Waals surface area contributed by atoms with Gasteiger partial charge in [0.05, 0.1) is 22.2 Å². The highest BCUT2D eigenvalue weighted by Crippen LogP contribution is 2.32. The van der Waals surface area contributed by atoms with Gasteiger partial charge in [0, 0.05) is 6.42 Å². The van der Waals surface area contributed by atoms with Crippen LogP contribution in [0.25, 0.3) is 11.0 Å². The first-order valence-electron chi connectivity index (χ1n) is 6.85. The lowest BCUT2D eigenvalue weighted by molar-refractivity contribution is -0.138. The summed E-state index contributed by atoms with van der Waals surface area (Å²) in [5.41, 5.74) is -0.726. The smallest absolute Gasteiger partial charge is 0.342 e. The summed E-state index contributed by atoms with van der Waals surface area (Å²) in [6, 6.07) is 7.80. The highest BCUT2D eigenvalue weighted by atomic mass is 19.4. The summed E-state index contributed by atoms with van der Waals surface area (Å²) in [6.45, 7) is 0. The number of nitrogens with one attached hydrogen (secondary N) is 1. The molecular formula is C16H10F6N2. The molecule has 3 aromatic rings. The molecule has 0 fully saturated rings. The van der Waals surface area contributed by atoms with Crippen LogP contribution < -0.4 is 0 Å². The van der Waals surface area contributed by atoms with E-state index >= 15 is 0 Å². The Labute approximate surface area is 132 Å². The lowest BCUT2D eigenvalue weighted by Gasteiger charge is -2.07. The van der Waals surface area contributed by atoms with Crippen molar-refractivity contribution in [3.05, 3.63) is 65.0 Å². The molecule has 0 atom stereocenters. The Balaban J connectivity index is 1.91. The van der Waals surface area contributed by atoms with Crippen molar-refractivity contribution >= 4 is 11.0 Å². The molecule has 0 aliphatic heterocycles. The van der Waals surface area contributed by atoms with Crippen LogP contribution in [0, 0.1) is 0 Å². The standard InChI is InChI=1S/C16H10F6N2/c17-15(18,19)10-3-1-2-9(6-10)7-14-23-12-5-4-11(16(20,21)22)8-13(12)24-14/h1-6,8H,7H2,(H,23,24). The number of hydrogen-bond donors (Lipinski definition) is 1. The number of fused-ring (bicyclic) bond motifs is 1. The highest BCUT2D eigenvalue weighted by molar-refractivity contribution is 5.76. The molecule has 2 nitrogen and oxygen atoms in total. The second kappa shape index (κ2) is 5.54. The topological polar surface area (TPSA) is 28.7 Å². The maximum Gasteiger partial charge on any atom is 0.416 e. The van der Waals surface area contributed by atoms with Crippen molar-refractivity contribution in [2.45, 2.75) is 18.8 Å². The number of imidazole rings is 1. The van der Waals surface area contributed by atoms with Crippen molar-refractivity contribution in [2.75, 3.05) is 0 Å². The van der Waals surface area contributed by atoms with Crippen LogP contribution >= 0.6 is 0 Å². The van der Waals surface area contributed by atoms with Gasteiger partial charge in [-0.1, -0.05) is 18.2 Å². The number of rotatable bonds is 2. The molecular weight excluding hydrogens is 334 g/mol. The van der Waals surface area contributed by atoms with E-state index in [1.807, 2.05) is 0 Å². The summed E-state index contributed by atoms with van der Waals surface area (Å²) in [7, 11) is 0. The van der Waals surface area contributed by atoms with E-state index < -0.39 is 23.5 Å². The van der Waals surface area contributed by atoms with Gasteiger partial charge in [-0.3, -0.25) is 0 Å². The molecule has 2 aromatic carbocycles. The van der Waals surface area contributed by atoms with Crippen LogP contribution in [0.4, 0.5) is 26.3 Å². The molecule has 126 valence electrons. The minimum absolute atomic E-state index is 0.0555. The van der Waals surface area contributed by atoms with Crippen LogP contribution in [0.5, 0.6) is 0 Å². The Morgan fingerprint density at radius 3 is 2.17 bits per heavy atom. The maximum atomic E-state index is 12.7. The third-order valence-corrected chi connectivity index (χ3v) is 3.48. The fourth-order valence-electron chi connectivity index (χ4n) is 2.37. The highest BCUT2D eigenvalue weighted by Gasteiger charge is 2.31. The quantitative estimate of drug-likeness (QED) is 0.637. The minimum atomic E-state index is -4.47. The third-order valence-electron chi connectivity index (χ3n) is 3.48. The van der Waals surface area contributed by atoms with Crippen LogP contribution in [0.15, 0.2) is 42.5 Å². The van der Waals surface area contributed by atoms with Crippen molar-refractivity contribution in [1.29, 1.82) is 0 Å². The molecule has 0 bridgehead atoms. The molecule has 0 amide bonds. The summed E-state index contributed by atoms with van der Waals surface area (Å²) >= 11 is 0. The second-order valence-electron chi connectivity index (χ2n) is 5.29. The van der Waals surface area contributed by atoms with E-state index in [-0.39, 0.29) is 11.9 Å². The molecule has 0 radical (unpaired) electrons. The van der Waals surface area contributed by atoms with Crippen LogP contribution in [-0.2, 0) is 18.8 Å². The van der Waals surface area contributed by atoms with E-state index in [0.717, 1.165) is 24.3 Å². The second-order valence-corrected chi connectivity index (χ2v) is 5.29. The number of halogens is 6. The van der Waals surface area contributed by atoms with Crippen molar-refractivity contribution < 1.29 is 26.3 Å². The molecule has 1 aromatic heterocycles. The number of alkyl halides is 6. The molecule has 3 rings (SSSR count). The first kappa shape index (κ1) is 16.4. The molecule has 1 heterocycles. The fourth-order valence-corrected chi connectivity index (χ4v) is 2.37. The SMILES string of the molecule is FC(F)(F)c1cccc(Cc2nc3ccc(C(F)(F)F)cc3[nH]2)c1. The molecule has 0 saturated carbocycles. The van der Waals surface area contributed by atoms with Crippen molar-refractivity contribution in [2.24, 2.45) is 0 Å². The minimum Gasteiger partial charge on any atom is -0.342 e. The number of aromatic amines is 1. The first-order valence-corrected chi connectivity index (χ1v) is 6.85. The Bertz CT molecular complexity index is 876. The van der Waals surface area contributed by atoms with Crippen molar-refractivity contribution in [3.8, 4) is 0 Å². The molecule has 0 saturated heterocycles. The largest absolute Gasteiger partial charge is 0.416 e. The molecule has 0 aliphatic rings. The van der Waals surface area contributed by atoms with E-state index in [2.05, 4.69) is 9.97 Å². The van der Waals surface area contributed by atoms with Gasteiger partial charge in [0.2, 0.25) is 0 Å². The van der Waals surface area contributed by atoms with E-state index in [1.165, 1.54) is 18.2 Å². The van der Waals surface area contributed by atoms with Gasteiger partial charge < -0.3 is 4.98 Å². The number of aromatic nitrogens is 2. The van der Waals surface area contributed by atoms with Gasteiger partial charge in [-0.25, -0.2) is 4.98 Å². The van der Waals surface area contributed by atoms with Gasteiger partial charge in [-0.05, 0) is 29.8 Å². The zero-order chi connectivity index (χ0) is 17.5. The Hall–Kier alpha value is -2.51. The summed E-state index contributed by atoms with van der Waals surface area (Å²) < 4.78 is 76.2. The lowest BCUT2D eigenvalue weighted by atomic mass is 10.1. The average molecular weight is 344 g/mol. The van der Waals surface area contributed by atoms with Crippen LogP contribution in [-0.4, -0.2) is 9.97 Å². The normalized spacial score (nSPS) is 12.8. The summed E-state index contributed by atoms with van der Waals surface area (Å²) in [6.07, 6.45) is -8.87. The Kier molecular flexibility index (Phi) is 3.77. The first-order chi connectivity index (χ1) is 11.1. The van der Waals surface area contributed by atoms with Gasteiger partial charge in [0.15, 0.2) is 0 Å².